The molecule has 2 amide bonds. The lowest BCUT2D eigenvalue weighted by atomic mass is 10.1. The predicted octanol–water partition coefficient (Wildman–Crippen LogP) is 4.57. The summed E-state index contributed by atoms with van der Waals surface area (Å²) in [6, 6.07) is 9.66. The van der Waals surface area contributed by atoms with Crippen molar-refractivity contribution in [1.29, 1.82) is 0 Å². The van der Waals surface area contributed by atoms with Gasteiger partial charge in [-0.1, -0.05) is 25.0 Å². The molecule has 6 heteroatoms. The number of nitrogens with zero attached hydrogens (tertiary/aromatic N) is 1. The molecule has 2 aromatic rings. The van der Waals surface area contributed by atoms with Gasteiger partial charge in [-0.25, -0.2) is 0 Å². The van der Waals surface area contributed by atoms with Gasteiger partial charge in [0.1, 0.15) is 0 Å². The van der Waals surface area contributed by atoms with Gasteiger partial charge in [-0.3, -0.25) is 9.59 Å². The Bertz CT molecular complexity index is 798. The monoisotopic (exact) mass is 386 g/mol. The summed E-state index contributed by atoms with van der Waals surface area (Å²) in [7, 11) is 0. The zero-order valence-corrected chi connectivity index (χ0v) is 16.2. The van der Waals surface area contributed by atoms with Gasteiger partial charge in [0, 0.05) is 23.2 Å². The van der Waals surface area contributed by atoms with Gasteiger partial charge in [0.25, 0.3) is 5.91 Å². The first-order valence-electron chi connectivity index (χ1n) is 9.10. The van der Waals surface area contributed by atoms with Crippen molar-refractivity contribution in [3.8, 4) is 0 Å². The molecule has 1 fully saturated rings. The van der Waals surface area contributed by atoms with Crippen molar-refractivity contribution in [1.82, 2.24) is 0 Å². The van der Waals surface area contributed by atoms with Crippen LogP contribution in [0.2, 0.25) is 0 Å². The maximum atomic E-state index is 12.7. The molecule has 0 radical (unpaired) electrons. The SMILES string of the molecule is O=C(CSC1CCCC1)Nc1ccc2c(c1)N(C(=O)c1cccs1)CC2. The molecule has 1 aromatic carbocycles. The molecule has 1 N–H and O–H groups in total. The number of amides is 2. The van der Waals surface area contributed by atoms with E-state index >= 15 is 0 Å². The Morgan fingerprint density at radius 2 is 2.08 bits per heavy atom. The van der Waals surface area contributed by atoms with Crippen LogP contribution in [0.5, 0.6) is 0 Å². The van der Waals surface area contributed by atoms with Crippen LogP contribution < -0.4 is 10.2 Å². The number of carbonyl (C=O) groups is 2. The van der Waals surface area contributed by atoms with Crippen molar-refractivity contribution < 1.29 is 9.59 Å². The third kappa shape index (κ3) is 3.81. The Hall–Kier alpha value is -1.79. The first-order chi connectivity index (χ1) is 12.7. The molecule has 136 valence electrons. The Morgan fingerprint density at radius 1 is 1.23 bits per heavy atom. The highest BCUT2D eigenvalue weighted by Crippen LogP contribution is 2.33. The fourth-order valence-electron chi connectivity index (χ4n) is 3.65. The molecule has 4 rings (SSSR count). The van der Waals surface area contributed by atoms with Crippen LogP contribution >= 0.6 is 23.1 Å². The third-order valence-corrected chi connectivity index (χ3v) is 7.22. The lowest BCUT2D eigenvalue weighted by Crippen LogP contribution is -2.28. The Balaban J connectivity index is 1.42. The molecule has 0 atom stereocenters. The number of benzene rings is 1. The summed E-state index contributed by atoms with van der Waals surface area (Å²) in [5.41, 5.74) is 2.85. The van der Waals surface area contributed by atoms with Crippen LogP contribution in [0.3, 0.4) is 0 Å². The van der Waals surface area contributed by atoms with Crippen molar-refractivity contribution in [2.75, 3.05) is 22.5 Å². The van der Waals surface area contributed by atoms with Crippen LogP contribution in [-0.2, 0) is 11.2 Å². The van der Waals surface area contributed by atoms with Crippen LogP contribution in [-0.4, -0.2) is 29.4 Å². The molecule has 0 unspecified atom stereocenters. The zero-order valence-electron chi connectivity index (χ0n) is 14.6. The maximum Gasteiger partial charge on any atom is 0.268 e. The quantitative estimate of drug-likeness (QED) is 0.819. The van der Waals surface area contributed by atoms with E-state index in [1.165, 1.54) is 37.0 Å². The van der Waals surface area contributed by atoms with Crippen molar-refractivity contribution in [2.45, 2.75) is 37.4 Å². The topological polar surface area (TPSA) is 49.4 Å². The molecule has 1 aromatic heterocycles. The minimum Gasteiger partial charge on any atom is -0.325 e. The molecular formula is C20H22N2O2S2. The Kier molecular flexibility index (Phi) is 5.31. The second-order valence-electron chi connectivity index (χ2n) is 6.79. The van der Waals surface area contributed by atoms with Crippen molar-refractivity contribution in [3.63, 3.8) is 0 Å². The number of anilines is 2. The molecular weight excluding hydrogens is 364 g/mol. The van der Waals surface area contributed by atoms with E-state index in [4.69, 9.17) is 0 Å². The first kappa shape index (κ1) is 17.6. The van der Waals surface area contributed by atoms with Gasteiger partial charge in [0.15, 0.2) is 0 Å². The van der Waals surface area contributed by atoms with Crippen molar-refractivity contribution >= 4 is 46.3 Å². The van der Waals surface area contributed by atoms with E-state index in [9.17, 15) is 9.59 Å². The van der Waals surface area contributed by atoms with Gasteiger partial charge >= 0.3 is 0 Å². The fourth-order valence-corrected chi connectivity index (χ4v) is 5.44. The van der Waals surface area contributed by atoms with Crippen molar-refractivity contribution in [2.24, 2.45) is 0 Å². The number of fused-ring (bicyclic) bond motifs is 1. The highest BCUT2D eigenvalue weighted by atomic mass is 32.2. The van der Waals surface area contributed by atoms with Gasteiger partial charge < -0.3 is 10.2 Å². The van der Waals surface area contributed by atoms with Gasteiger partial charge in [-0.15, -0.1) is 23.1 Å². The van der Waals surface area contributed by atoms with Crippen LogP contribution in [0.1, 0.15) is 40.9 Å². The van der Waals surface area contributed by atoms with E-state index < -0.39 is 0 Å². The molecule has 4 nitrogen and oxygen atoms in total. The van der Waals surface area contributed by atoms with Crippen LogP contribution in [0.15, 0.2) is 35.7 Å². The van der Waals surface area contributed by atoms with E-state index in [0.29, 0.717) is 17.5 Å². The minimum atomic E-state index is 0.0379. The maximum absolute atomic E-state index is 12.7. The Labute approximate surface area is 162 Å². The number of thioether (sulfide) groups is 1. The molecule has 0 bridgehead atoms. The summed E-state index contributed by atoms with van der Waals surface area (Å²) in [4.78, 5) is 27.5. The van der Waals surface area contributed by atoms with Gasteiger partial charge in [-0.2, -0.15) is 0 Å². The number of nitrogens with one attached hydrogen (secondary N) is 1. The minimum absolute atomic E-state index is 0.0379. The zero-order chi connectivity index (χ0) is 17.9. The summed E-state index contributed by atoms with van der Waals surface area (Å²) >= 11 is 3.23. The van der Waals surface area contributed by atoms with Crippen LogP contribution in [0, 0.1) is 0 Å². The highest BCUT2D eigenvalue weighted by molar-refractivity contribution is 8.00. The predicted molar refractivity (Wildman–Crippen MR) is 109 cm³/mol. The van der Waals surface area contributed by atoms with E-state index in [1.807, 2.05) is 40.6 Å². The number of carbonyl (C=O) groups excluding carboxylic acids is 2. The highest BCUT2D eigenvalue weighted by Gasteiger charge is 2.26. The summed E-state index contributed by atoms with van der Waals surface area (Å²) in [6.07, 6.45) is 5.90. The average Bonchev–Trinajstić information content (AvgIpc) is 3.40. The normalized spacial score (nSPS) is 16.7. The van der Waals surface area contributed by atoms with Crippen LogP contribution in [0.4, 0.5) is 11.4 Å². The molecule has 1 saturated carbocycles. The largest absolute Gasteiger partial charge is 0.325 e. The van der Waals surface area contributed by atoms with E-state index in [-0.39, 0.29) is 11.8 Å². The molecule has 2 aliphatic rings. The van der Waals surface area contributed by atoms with E-state index in [2.05, 4.69) is 5.32 Å². The molecule has 1 aliphatic carbocycles. The lowest BCUT2D eigenvalue weighted by Gasteiger charge is -2.17. The molecule has 0 spiro atoms. The Morgan fingerprint density at radius 3 is 2.85 bits per heavy atom. The number of hydrogen-bond donors (Lipinski definition) is 1. The molecule has 2 heterocycles. The second-order valence-corrected chi connectivity index (χ2v) is 9.03. The second kappa shape index (κ2) is 7.84. The third-order valence-electron chi connectivity index (χ3n) is 4.99. The lowest BCUT2D eigenvalue weighted by molar-refractivity contribution is -0.113. The summed E-state index contributed by atoms with van der Waals surface area (Å²) in [5, 5.41) is 5.55. The van der Waals surface area contributed by atoms with Gasteiger partial charge in [0.05, 0.1) is 10.6 Å². The number of thiophene rings is 1. The number of hydrogen-bond acceptors (Lipinski definition) is 4. The summed E-state index contributed by atoms with van der Waals surface area (Å²) in [6.45, 7) is 0.695. The first-order valence-corrected chi connectivity index (χ1v) is 11.0. The molecule has 0 saturated heterocycles. The fraction of sp³-hybridized carbons (Fsp3) is 0.400. The van der Waals surface area contributed by atoms with Crippen LogP contribution in [0.25, 0.3) is 0 Å². The van der Waals surface area contributed by atoms with Gasteiger partial charge in [-0.05, 0) is 48.4 Å². The summed E-state index contributed by atoms with van der Waals surface area (Å²) in [5.74, 6) is 0.578. The standard InChI is InChI=1S/C20H22N2O2S2/c23-19(13-26-16-4-1-2-5-16)21-15-8-7-14-9-10-22(17(14)12-15)20(24)18-6-3-11-25-18/h3,6-8,11-12,16H,1-2,4-5,9-10,13H2,(H,21,23). The summed E-state index contributed by atoms with van der Waals surface area (Å²) < 4.78 is 0. The molecule has 1 aliphatic heterocycles. The van der Waals surface area contributed by atoms with Crippen molar-refractivity contribution in [3.05, 3.63) is 46.2 Å². The average molecular weight is 387 g/mol. The molecule has 26 heavy (non-hydrogen) atoms. The van der Waals surface area contributed by atoms with E-state index in [0.717, 1.165) is 28.2 Å². The van der Waals surface area contributed by atoms with E-state index in [1.54, 1.807) is 11.8 Å². The number of rotatable bonds is 5. The smallest absolute Gasteiger partial charge is 0.268 e. The van der Waals surface area contributed by atoms with Gasteiger partial charge in [0.2, 0.25) is 5.91 Å².